The van der Waals surface area contributed by atoms with Gasteiger partial charge in [0, 0.05) is 34.6 Å². The van der Waals surface area contributed by atoms with Crippen molar-refractivity contribution >= 4 is 15.8 Å². The summed E-state index contributed by atoms with van der Waals surface area (Å²) in [6.45, 7) is 3.50. The standard InChI is InChI=1S/C29H29F2NO6S/c1-16-19(7-10-25(32-16)37-11-4-12-39(3,35)36)20-6-9-24(30)21(27(20)31)15-38-18-5-8-22-17(13-18)14-23-26(28(33)34)29(22,23)2/h5-10,13,23,26H,4,11-12,14-15H2,1-3H3,(H,33,34)/t23-,26+,29?/m0/s1. The van der Waals surface area contributed by atoms with Crippen LogP contribution in [0.3, 0.4) is 0 Å². The van der Waals surface area contributed by atoms with Gasteiger partial charge in [-0.15, -0.1) is 0 Å². The van der Waals surface area contributed by atoms with Gasteiger partial charge in [0.2, 0.25) is 5.88 Å². The van der Waals surface area contributed by atoms with Crippen LogP contribution in [0, 0.1) is 30.4 Å². The summed E-state index contributed by atoms with van der Waals surface area (Å²) in [7, 11) is -3.08. The first kappa shape index (κ1) is 27.1. The predicted octanol–water partition coefficient (Wildman–Crippen LogP) is 4.87. The topological polar surface area (TPSA) is 103 Å². The lowest BCUT2D eigenvalue weighted by Crippen LogP contribution is -2.12. The van der Waals surface area contributed by atoms with E-state index >= 15 is 4.39 Å². The molecular formula is C29H29F2NO6S. The molecule has 1 saturated carbocycles. The molecule has 1 N–H and O–H groups in total. The molecule has 0 amide bonds. The van der Waals surface area contributed by atoms with Gasteiger partial charge in [-0.1, -0.05) is 13.0 Å². The summed E-state index contributed by atoms with van der Waals surface area (Å²) < 4.78 is 64.0. The van der Waals surface area contributed by atoms with Crippen molar-refractivity contribution in [2.45, 2.75) is 38.7 Å². The maximum Gasteiger partial charge on any atom is 0.307 e. The zero-order valence-corrected chi connectivity index (χ0v) is 22.6. The van der Waals surface area contributed by atoms with Crippen molar-refractivity contribution in [1.82, 2.24) is 4.98 Å². The maximum absolute atomic E-state index is 15.5. The van der Waals surface area contributed by atoms with Gasteiger partial charge in [-0.3, -0.25) is 4.79 Å². The van der Waals surface area contributed by atoms with Crippen molar-refractivity contribution in [3.8, 4) is 22.8 Å². The minimum atomic E-state index is -3.08. The van der Waals surface area contributed by atoms with Crippen molar-refractivity contribution in [3.63, 3.8) is 0 Å². The van der Waals surface area contributed by atoms with Crippen LogP contribution in [0.25, 0.3) is 11.1 Å². The molecule has 0 bridgehead atoms. The molecule has 206 valence electrons. The normalized spacial score (nSPS) is 21.3. The average molecular weight is 558 g/mol. The molecule has 7 nitrogen and oxygen atoms in total. The van der Waals surface area contributed by atoms with Crippen LogP contribution in [0.1, 0.15) is 35.7 Å². The zero-order chi connectivity index (χ0) is 28.1. The average Bonchev–Trinajstić information content (AvgIpc) is 3.35. The Bertz CT molecular complexity index is 1570. The van der Waals surface area contributed by atoms with Gasteiger partial charge >= 0.3 is 5.97 Å². The highest BCUT2D eigenvalue weighted by Crippen LogP contribution is 2.66. The van der Waals surface area contributed by atoms with E-state index in [0.29, 0.717) is 29.8 Å². The summed E-state index contributed by atoms with van der Waals surface area (Å²) in [5, 5.41) is 9.45. The van der Waals surface area contributed by atoms with E-state index in [1.165, 1.54) is 12.1 Å². The molecule has 1 aromatic heterocycles. The van der Waals surface area contributed by atoms with Crippen molar-refractivity contribution in [2.24, 2.45) is 11.8 Å². The Kier molecular flexibility index (Phi) is 6.86. The fourth-order valence-corrected chi connectivity index (χ4v) is 6.46. The first-order valence-corrected chi connectivity index (χ1v) is 14.7. The molecule has 39 heavy (non-hydrogen) atoms. The molecular weight excluding hydrogens is 528 g/mol. The lowest BCUT2D eigenvalue weighted by atomic mass is 9.93. The number of benzene rings is 2. The number of aromatic nitrogens is 1. The predicted molar refractivity (Wildman–Crippen MR) is 141 cm³/mol. The number of fused-ring (bicyclic) bond motifs is 3. The summed E-state index contributed by atoms with van der Waals surface area (Å²) in [5.41, 5.74) is 2.53. The quantitative estimate of drug-likeness (QED) is 0.355. The van der Waals surface area contributed by atoms with Crippen LogP contribution < -0.4 is 9.47 Å². The van der Waals surface area contributed by atoms with Crippen LogP contribution in [0.15, 0.2) is 42.5 Å². The van der Waals surface area contributed by atoms with E-state index in [2.05, 4.69) is 4.98 Å². The molecule has 3 aromatic rings. The number of sulfone groups is 1. The summed E-state index contributed by atoms with van der Waals surface area (Å²) in [6, 6.07) is 11.1. The number of hydrogen-bond donors (Lipinski definition) is 1. The van der Waals surface area contributed by atoms with Crippen LogP contribution in [-0.4, -0.2) is 43.1 Å². The number of aryl methyl sites for hydroxylation is 1. The molecule has 2 aliphatic rings. The molecule has 0 radical (unpaired) electrons. The SMILES string of the molecule is Cc1nc(OCCCS(C)(=O)=O)ccc1-c1ccc(F)c(COc2ccc3c(c2)C[C@H]2[C@H](C(=O)O)C32C)c1F. The fraction of sp³-hybridized carbons (Fsp3) is 0.379. The number of carboxylic acid groups (broad SMARTS) is 1. The van der Waals surface area contributed by atoms with Crippen LogP contribution in [0.4, 0.5) is 8.78 Å². The van der Waals surface area contributed by atoms with Crippen molar-refractivity contribution in [3.05, 3.63) is 76.5 Å². The van der Waals surface area contributed by atoms with Crippen molar-refractivity contribution in [1.29, 1.82) is 0 Å². The number of rotatable bonds is 10. The van der Waals surface area contributed by atoms with E-state index in [1.54, 1.807) is 25.1 Å². The van der Waals surface area contributed by atoms with E-state index in [4.69, 9.17) is 9.47 Å². The maximum atomic E-state index is 15.5. The van der Waals surface area contributed by atoms with Crippen LogP contribution in [0.2, 0.25) is 0 Å². The second kappa shape index (κ2) is 9.89. The number of carboxylic acids is 1. The molecule has 3 atom stereocenters. The lowest BCUT2D eigenvalue weighted by Gasteiger charge is -2.15. The Morgan fingerprint density at radius 1 is 1.13 bits per heavy atom. The summed E-state index contributed by atoms with van der Waals surface area (Å²) in [5.74, 6) is -1.82. The summed E-state index contributed by atoms with van der Waals surface area (Å²) in [4.78, 5) is 15.8. The van der Waals surface area contributed by atoms with Crippen LogP contribution >= 0.6 is 0 Å². The van der Waals surface area contributed by atoms with Gasteiger partial charge in [-0.05, 0) is 67.1 Å². The Morgan fingerprint density at radius 3 is 2.56 bits per heavy atom. The van der Waals surface area contributed by atoms with Gasteiger partial charge in [0.1, 0.15) is 33.8 Å². The smallest absolute Gasteiger partial charge is 0.307 e. The number of halogens is 2. The highest BCUT2D eigenvalue weighted by atomic mass is 32.2. The number of nitrogens with zero attached hydrogens (tertiary/aromatic N) is 1. The van der Waals surface area contributed by atoms with Crippen LogP contribution in [-0.2, 0) is 33.1 Å². The van der Waals surface area contributed by atoms with Gasteiger partial charge in [0.05, 0.1) is 23.8 Å². The highest BCUT2D eigenvalue weighted by Gasteiger charge is 2.69. The number of aliphatic carboxylic acids is 1. The third-order valence-electron chi connectivity index (χ3n) is 7.90. The van der Waals surface area contributed by atoms with Gasteiger partial charge in [-0.2, -0.15) is 0 Å². The van der Waals surface area contributed by atoms with E-state index in [9.17, 15) is 22.7 Å². The van der Waals surface area contributed by atoms with Gasteiger partial charge in [0.15, 0.2) is 0 Å². The van der Waals surface area contributed by atoms with Crippen molar-refractivity contribution < 1.29 is 36.6 Å². The molecule has 0 spiro atoms. The van der Waals surface area contributed by atoms with Gasteiger partial charge < -0.3 is 14.6 Å². The molecule has 1 fully saturated rings. The van der Waals surface area contributed by atoms with Crippen LogP contribution in [0.5, 0.6) is 11.6 Å². The second-order valence-corrected chi connectivity index (χ2v) is 12.8. The minimum Gasteiger partial charge on any atom is -0.489 e. The number of hydrogen-bond acceptors (Lipinski definition) is 6. The molecule has 10 heteroatoms. The van der Waals surface area contributed by atoms with E-state index in [0.717, 1.165) is 17.4 Å². The Balaban J connectivity index is 1.29. The van der Waals surface area contributed by atoms with E-state index in [-0.39, 0.29) is 53.2 Å². The van der Waals surface area contributed by atoms with E-state index in [1.807, 2.05) is 19.1 Å². The number of carbonyl (C=O) groups is 1. The fourth-order valence-electron chi connectivity index (χ4n) is 5.81. The Hall–Kier alpha value is -3.53. The van der Waals surface area contributed by atoms with E-state index < -0.39 is 27.4 Å². The molecule has 5 rings (SSSR count). The van der Waals surface area contributed by atoms with Gasteiger partial charge in [-0.25, -0.2) is 22.2 Å². The molecule has 1 unspecified atom stereocenters. The molecule has 1 heterocycles. The third-order valence-corrected chi connectivity index (χ3v) is 8.93. The summed E-state index contributed by atoms with van der Waals surface area (Å²) >= 11 is 0. The summed E-state index contributed by atoms with van der Waals surface area (Å²) in [6.07, 6.45) is 2.12. The minimum absolute atomic E-state index is 0.00620. The lowest BCUT2D eigenvalue weighted by molar-refractivity contribution is -0.139. The molecule has 2 aromatic carbocycles. The largest absolute Gasteiger partial charge is 0.489 e. The third kappa shape index (κ3) is 5.09. The number of ether oxygens (including phenoxy) is 2. The Morgan fingerprint density at radius 2 is 1.87 bits per heavy atom. The Labute approximate surface area is 225 Å². The number of pyridine rings is 1. The second-order valence-electron chi connectivity index (χ2n) is 10.5. The highest BCUT2D eigenvalue weighted by molar-refractivity contribution is 7.90. The first-order chi connectivity index (χ1) is 18.4. The first-order valence-electron chi connectivity index (χ1n) is 12.6. The molecule has 0 saturated heterocycles. The molecule has 2 aliphatic carbocycles. The zero-order valence-electron chi connectivity index (χ0n) is 21.8. The monoisotopic (exact) mass is 557 g/mol. The van der Waals surface area contributed by atoms with Gasteiger partial charge in [0.25, 0.3) is 0 Å². The van der Waals surface area contributed by atoms with Crippen molar-refractivity contribution in [2.75, 3.05) is 18.6 Å². The molecule has 0 aliphatic heterocycles.